The van der Waals surface area contributed by atoms with Gasteiger partial charge in [0.25, 0.3) is 0 Å². The zero-order chi connectivity index (χ0) is 19.2. The SMILES string of the molecule is CN(Cc1ccc(Cl)s1)C(=O)CSc1nnc(NCc2ccc(F)cc2)s1. The number of carbonyl (C=O) groups is 1. The largest absolute Gasteiger partial charge is 0.356 e. The molecular formula is C17H16ClFN4OS3. The fourth-order valence-corrected chi connectivity index (χ4v) is 4.94. The first-order valence-corrected chi connectivity index (χ1v) is 10.9. The molecule has 3 rings (SSSR count). The second kappa shape index (κ2) is 9.50. The van der Waals surface area contributed by atoms with Gasteiger partial charge in [-0.2, -0.15) is 0 Å². The van der Waals surface area contributed by atoms with E-state index in [0.29, 0.717) is 24.0 Å². The normalized spacial score (nSPS) is 10.8. The molecule has 0 aliphatic carbocycles. The van der Waals surface area contributed by atoms with Crippen molar-refractivity contribution in [1.29, 1.82) is 0 Å². The standard InChI is InChI=1S/C17H16ClFN4OS3/c1-23(9-13-6-7-14(18)26-13)15(24)10-25-17-22-21-16(27-17)20-8-11-2-4-12(19)5-3-11/h2-7H,8-10H2,1H3,(H,20,21). The van der Waals surface area contributed by atoms with Crippen molar-refractivity contribution < 1.29 is 9.18 Å². The molecule has 27 heavy (non-hydrogen) atoms. The molecule has 0 saturated heterocycles. The number of thiophene rings is 1. The van der Waals surface area contributed by atoms with Gasteiger partial charge in [-0.15, -0.1) is 21.5 Å². The lowest BCUT2D eigenvalue weighted by Gasteiger charge is -2.15. The molecule has 0 fully saturated rings. The highest BCUT2D eigenvalue weighted by Gasteiger charge is 2.13. The lowest BCUT2D eigenvalue weighted by molar-refractivity contribution is -0.127. The molecule has 0 saturated carbocycles. The van der Waals surface area contributed by atoms with Crippen molar-refractivity contribution in [2.24, 2.45) is 0 Å². The van der Waals surface area contributed by atoms with Gasteiger partial charge >= 0.3 is 0 Å². The van der Waals surface area contributed by atoms with Gasteiger partial charge in [0.05, 0.1) is 16.6 Å². The lowest BCUT2D eigenvalue weighted by atomic mass is 10.2. The monoisotopic (exact) mass is 442 g/mol. The van der Waals surface area contributed by atoms with Crippen LogP contribution in [0.25, 0.3) is 0 Å². The third-order valence-corrected chi connectivity index (χ3v) is 6.75. The Balaban J connectivity index is 1.44. The van der Waals surface area contributed by atoms with Crippen LogP contribution in [0, 0.1) is 5.82 Å². The van der Waals surface area contributed by atoms with Crippen molar-refractivity contribution in [2.45, 2.75) is 17.4 Å². The van der Waals surface area contributed by atoms with Gasteiger partial charge in [-0.3, -0.25) is 4.79 Å². The lowest BCUT2D eigenvalue weighted by Crippen LogP contribution is -2.27. The predicted molar refractivity (Wildman–Crippen MR) is 110 cm³/mol. The second-order valence-electron chi connectivity index (χ2n) is 5.60. The van der Waals surface area contributed by atoms with E-state index in [1.165, 1.54) is 46.6 Å². The Labute approximate surface area is 173 Å². The summed E-state index contributed by atoms with van der Waals surface area (Å²) in [6.07, 6.45) is 0. The van der Waals surface area contributed by atoms with E-state index in [4.69, 9.17) is 11.6 Å². The molecule has 2 aromatic heterocycles. The first-order chi connectivity index (χ1) is 13.0. The van der Waals surface area contributed by atoms with Gasteiger partial charge in [0.2, 0.25) is 11.0 Å². The van der Waals surface area contributed by atoms with Crippen LogP contribution >= 0.6 is 46.0 Å². The molecule has 3 aromatic rings. The van der Waals surface area contributed by atoms with E-state index in [1.54, 1.807) is 24.1 Å². The average molecular weight is 443 g/mol. The van der Waals surface area contributed by atoms with E-state index in [2.05, 4.69) is 15.5 Å². The van der Waals surface area contributed by atoms with Crippen LogP contribution in [0.4, 0.5) is 9.52 Å². The molecule has 10 heteroatoms. The summed E-state index contributed by atoms with van der Waals surface area (Å²) >= 11 is 10.1. The number of thioether (sulfide) groups is 1. The molecule has 0 aliphatic rings. The highest BCUT2D eigenvalue weighted by molar-refractivity contribution is 8.01. The van der Waals surface area contributed by atoms with Gasteiger partial charge in [-0.05, 0) is 29.8 Å². The van der Waals surface area contributed by atoms with Crippen molar-refractivity contribution in [2.75, 3.05) is 18.1 Å². The number of nitrogens with zero attached hydrogens (tertiary/aromatic N) is 3. The van der Waals surface area contributed by atoms with Gasteiger partial charge in [-0.1, -0.05) is 46.8 Å². The summed E-state index contributed by atoms with van der Waals surface area (Å²) in [6, 6.07) is 10.0. The predicted octanol–water partition coefficient (Wildman–Crippen LogP) is 4.75. The Morgan fingerprint density at radius 1 is 1.22 bits per heavy atom. The maximum absolute atomic E-state index is 12.9. The van der Waals surface area contributed by atoms with E-state index >= 15 is 0 Å². The van der Waals surface area contributed by atoms with Crippen LogP contribution in [-0.4, -0.2) is 33.8 Å². The minimum absolute atomic E-state index is 0.0144. The Bertz CT molecular complexity index is 900. The van der Waals surface area contributed by atoms with Gasteiger partial charge < -0.3 is 10.2 Å². The van der Waals surface area contributed by atoms with Crippen molar-refractivity contribution in [3.05, 3.63) is 57.0 Å². The van der Waals surface area contributed by atoms with Crippen molar-refractivity contribution in [3.8, 4) is 0 Å². The molecule has 0 atom stereocenters. The number of anilines is 1. The summed E-state index contributed by atoms with van der Waals surface area (Å²) in [5, 5.41) is 12.0. The van der Waals surface area contributed by atoms with Crippen molar-refractivity contribution in [1.82, 2.24) is 15.1 Å². The first kappa shape index (κ1) is 20.1. The van der Waals surface area contributed by atoms with Crippen LogP contribution in [0.3, 0.4) is 0 Å². The zero-order valence-corrected chi connectivity index (χ0v) is 17.5. The minimum Gasteiger partial charge on any atom is -0.356 e. The Kier molecular flexibility index (Phi) is 7.06. The van der Waals surface area contributed by atoms with Gasteiger partial charge in [0.1, 0.15) is 5.82 Å². The molecule has 0 aliphatic heterocycles. The Morgan fingerprint density at radius 3 is 2.70 bits per heavy atom. The van der Waals surface area contributed by atoms with Crippen molar-refractivity contribution >= 4 is 57.1 Å². The number of nitrogens with one attached hydrogen (secondary N) is 1. The highest BCUT2D eigenvalue weighted by Crippen LogP contribution is 2.27. The fourth-order valence-electron chi connectivity index (χ4n) is 2.11. The number of carbonyl (C=O) groups excluding carboxylic acids is 1. The molecule has 0 radical (unpaired) electrons. The smallest absolute Gasteiger partial charge is 0.233 e. The van der Waals surface area contributed by atoms with Gasteiger partial charge in [0.15, 0.2) is 4.34 Å². The van der Waals surface area contributed by atoms with Crippen molar-refractivity contribution in [3.63, 3.8) is 0 Å². The van der Waals surface area contributed by atoms with Crippen LogP contribution in [0.2, 0.25) is 4.34 Å². The second-order valence-corrected chi connectivity index (χ2v) is 9.60. The molecule has 1 amide bonds. The highest BCUT2D eigenvalue weighted by atomic mass is 35.5. The van der Waals surface area contributed by atoms with Crippen LogP contribution in [0.1, 0.15) is 10.4 Å². The third-order valence-electron chi connectivity index (χ3n) is 3.53. The van der Waals surface area contributed by atoms with E-state index in [-0.39, 0.29) is 11.7 Å². The molecule has 5 nitrogen and oxygen atoms in total. The molecular weight excluding hydrogens is 427 g/mol. The summed E-state index contributed by atoms with van der Waals surface area (Å²) < 4.78 is 14.3. The van der Waals surface area contributed by atoms with Crippen LogP contribution in [-0.2, 0) is 17.9 Å². The van der Waals surface area contributed by atoms with Crippen LogP contribution < -0.4 is 5.32 Å². The summed E-state index contributed by atoms with van der Waals surface area (Å²) in [5.74, 6) is 0.0491. The molecule has 0 bridgehead atoms. The summed E-state index contributed by atoms with van der Waals surface area (Å²) in [5.41, 5.74) is 0.950. The molecule has 142 valence electrons. The minimum atomic E-state index is -0.259. The quantitative estimate of drug-likeness (QED) is 0.510. The van der Waals surface area contributed by atoms with Crippen LogP contribution in [0.15, 0.2) is 40.7 Å². The number of halogens is 2. The van der Waals surface area contributed by atoms with Crippen LogP contribution in [0.5, 0.6) is 0 Å². The van der Waals surface area contributed by atoms with Gasteiger partial charge in [-0.25, -0.2) is 4.39 Å². The summed E-state index contributed by atoms with van der Waals surface area (Å²) in [7, 11) is 1.77. The number of hydrogen-bond acceptors (Lipinski definition) is 7. The number of hydrogen-bond donors (Lipinski definition) is 1. The number of amides is 1. The Hall–Kier alpha value is -1.68. The molecule has 2 heterocycles. The number of rotatable bonds is 8. The van der Waals surface area contributed by atoms with E-state index < -0.39 is 0 Å². The zero-order valence-electron chi connectivity index (χ0n) is 14.3. The number of aromatic nitrogens is 2. The third kappa shape index (κ3) is 6.17. The average Bonchev–Trinajstić information content (AvgIpc) is 3.28. The summed E-state index contributed by atoms with van der Waals surface area (Å²) in [6.45, 7) is 1.07. The number of benzene rings is 1. The molecule has 0 spiro atoms. The van der Waals surface area contributed by atoms with E-state index in [1.807, 2.05) is 12.1 Å². The maximum Gasteiger partial charge on any atom is 0.233 e. The van der Waals surface area contributed by atoms with Gasteiger partial charge in [0, 0.05) is 18.5 Å². The summed E-state index contributed by atoms with van der Waals surface area (Å²) in [4.78, 5) is 15.0. The Morgan fingerprint density at radius 2 is 2.00 bits per heavy atom. The maximum atomic E-state index is 12.9. The molecule has 0 unspecified atom stereocenters. The topological polar surface area (TPSA) is 58.1 Å². The first-order valence-electron chi connectivity index (χ1n) is 7.92. The van der Waals surface area contributed by atoms with E-state index in [0.717, 1.165) is 19.1 Å². The molecule has 1 N–H and O–H groups in total. The van der Waals surface area contributed by atoms with E-state index in [9.17, 15) is 9.18 Å². The molecule has 1 aromatic carbocycles. The fraction of sp³-hybridized carbons (Fsp3) is 0.235.